The van der Waals surface area contributed by atoms with Crippen LogP contribution in [0, 0.1) is 0 Å². The SMILES string of the molecule is CC(=O)Nc1cccc2c(-c3nc4ccc(N5CC(CN(C)C)OCC5C)cc4[nH]3)n[nH]c12. The molecular weight excluding hydrogens is 418 g/mol. The van der Waals surface area contributed by atoms with Crippen LogP contribution in [0.5, 0.6) is 0 Å². The number of morpholine rings is 1. The number of rotatable bonds is 5. The van der Waals surface area contributed by atoms with E-state index in [0.29, 0.717) is 24.2 Å². The lowest BCUT2D eigenvalue weighted by Gasteiger charge is -2.40. The highest BCUT2D eigenvalue weighted by atomic mass is 16.5. The van der Waals surface area contributed by atoms with Crippen molar-refractivity contribution in [1.82, 2.24) is 25.1 Å². The van der Waals surface area contributed by atoms with Crippen LogP contribution in [-0.2, 0) is 9.53 Å². The number of H-pyrrole nitrogens is 2. The summed E-state index contributed by atoms with van der Waals surface area (Å²) in [5.41, 5.74) is 5.19. The first kappa shape index (κ1) is 21.4. The van der Waals surface area contributed by atoms with E-state index in [1.54, 1.807) is 0 Å². The van der Waals surface area contributed by atoms with E-state index in [9.17, 15) is 4.79 Å². The van der Waals surface area contributed by atoms with Crippen LogP contribution in [0.1, 0.15) is 13.8 Å². The molecule has 1 saturated heterocycles. The van der Waals surface area contributed by atoms with Crippen LogP contribution in [0.2, 0.25) is 0 Å². The Kier molecular flexibility index (Phi) is 5.51. The van der Waals surface area contributed by atoms with Gasteiger partial charge in [-0.3, -0.25) is 9.89 Å². The lowest BCUT2D eigenvalue weighted by atomic mass is 10.1. The highest BCUT2D eigenvalue weighted by molar-refractivity contribution is 6.04. The molecule has 1 aliphatic rings. The standard InChI is InChI=1S/C24H29N7O2/c1-14-13-33-17(11-30(3)4)12-31(14)16-8-9-19-21(10-16)27-24(26-19)23-18-6-5-7-20(25-15(2)32)22(18)28-29-23/h5-10,14,17H,11-13H2,1-4H3,(H,25,32)(H,26,27)(H,28,29). The average molecular weight is 448 g/mol. The van der Waals surface area contributed by atoms with Crippen molar-refractivity contribution in [2.75, 3.05) is 44.0 Å². The maximum Gasteiger partial charge on any atom is 0.221 e. The first-order chi connectivity index (χ1) is 15.9. The molecule has 1 aliphatic heterocycles. The minimum Gasteiger partial charge on any atom is -0.373 e. The van der Waals surface area contributed by atoms with Gasteiger partial charge in [-0.05, 0) is 45.3 Å². The van der Waals surface area contributed by atoms with Gasteiger partial charge >= 0.3 is 0 Å². The molecule has 2 aromatic heterocycles. The van der Waals surface area contributed by atoms with E-state index in [1.165, 1.54) is 6.92 Å². The van der Waals surface area contributed by atoms with E-state index in [2.05, 4.69) is 63.4 Å². The Morgan fingerprint density at radius 1 is 1.30 bits per heavy atom. The third kappa shape index (κ3) is 4.17. The number of fused-ring (bicyclic) bond motifs is 2. The molecule has 3 heterocycles. The summed E-state index contributed by atoms with van der Waals surface area (Å²) in [6.07, 6.45) is 0.178. The van der Waals surface area contributed by atoms with Crippen LogP contribution >= 0.6 is 0 Å². The minimum absolute atomic E-state index is 0.125. The van der Waals surface area contributed by atoms with Crippen molar-refractivity contribution < 1.29 is 9.53 Å². The van der Waals surface area contributed by atoms with Gasteiger partial charge in [0.15, 0.2) is 5.82 Å². The number of ether oxygens (including phenoxy) is 1. The van der Waals surface area contributed by atoms with E-state index in [1.807, 2.05) is 24.3 Å². The summed E-state index contributed by atoms with van der Waals surface area (Å²) in [6.45, 7) is 6.14. The lowest BCUT2D eigenvalue weighted by Crippen LogP contribution is -2.51. The molecule has 9 heteroatoms. The molecule has 3 N–H and O–H groups in total. The summed E-state index contributed by atoms with van der Waals surface area (Å²) in [7, 11) is 4.14. The van der Waals surface area contributed by atoms with Crippen LogP contribution in [0.15, 0.2) is 36.4 Å². The summed E-state index contributed by atoms with van der Waals surface area (Å²) in [5.74, 6) is 0.564. The highest BCUT2D eigenvalue weighted by Crippen LogP contribution is 2.31. The van der Waals surface area contributed by atoms with Gasteiger partial charge in [-0.15, -0.1) is 0 Å². The zero-order valence-corrected chi connectivity index (χ0v) is 19.3. The van der Waals surface area contributed by atoms with Crippen molar-refractivity contribution in [3.8, 4) is 11.5 Å². The number of para-hydroxylation sites is 1. The zero-order chi connectivity index (χ0) is 23.1. The molecule has 9 nitrogen and oxygen atoms in total. The number of nitrogens with zero attached hydrogens (tertiary/aromatic N) is 4. The Bertz CT molecular complexity index is 1310. The molecule has 1 amide bonds. The van der Waals surface area contributed by atoms with Gasteiger partial charge < -0.3 is 24.8 Å². The number of aromatic amines is 2. The fourth-order valence-corrected chi connectivity index (χ4v) is 4.50. The number of aromatic nitrogens is 4. The molecule has 0 bridgehead atoms. The van der Waals surface area contributed by atoms with Gasteiger partial charge in [0.25, 0.3) is 0 Å². The van der Waals surface area contributed by atoms with Gasteiger partial charge in [0, 0.05) is 37.1 Å². The van der Waals surface area contributed by atoms with Gasteiger partial charge in [-0.25, -0.2) is 4.98 Å². The topological polar surface area (TPSA) is 102 Å². The molecule has 0 spiro atoms. The summed E-state index contributed by atoms with van der Waals surface area (Å²) in [4.78, 5) is 24.3. The van der Waals surface area contributed by atoms with Crippen molar-refractivity contribution in [3.05, 3.63) is 36.4 Å². The molecule has 4 aromatic rings. The molecule has 0 saturated carbocycles. The van der Waals surface area contributed by atoms with Gasteiger partial charge in [0.1, 0.15) is 5.69 Å². The first-order valence-electron chi connectivity index (χ1n) is 11.2. The Balaban J connectivity index is 1.47. The number of amides is 1. The van der Waals surface area contributed by atoms with Gasteiger partial charge in [0.05, 0.1) is 34.9 Å². The van der Waals surface area contributed by atoms with Crippen molar-refractivity contribution in [2.24, 2.45) is 0 Å². The summed E-state index contributed by atoms with van der Waals surface area (Å²) in [6, 6.07) is 12.3. The van der Waals surface area contributed by atoms with Gasteiger partial charge in [-0.2, -0.15) is 5.10 Å². The minimum atomic E-state index is -0.125. The van der Waals surface area contributed by atoms with Crippen LogP contribution in [0.4, 0.5) is 11.4 Å². The zero-order valence-electron chi connectivity index (χ0n) is 19.3. The molecule has 2 unspecified atom stereocenters. The third-order valence-corrected chi connectivity index (χ3v) is 6.01. The summed E-state index contributed by atoms with van der Waals surface area (Å²) < 4.78 is 6.03. The second kappa shape index (κ2) is 8.49. The maximum absolute atomic E-state index is 11.5. The van der Waals surface area contributed by atoms with Crippen molar-refractivity contribution in [3.63, 3.8) is 0 Å². The van der Waals surface area contributed by atoms with Crippen molar-refractivity contribution in [1.29, 1.82) is 0 Å². The fraction of sp³-hybridized carbons (Fsp3) is 0.375. The van der Waals surface area contributed by atoms with E-state index in [0.717, 1.165) is 46.4 Å². The Labute approximate surface area is 192 Å². The molecule has 2 atom stereocenters. The van der Waals surface area contributed by atoms with Crippen molar-refractivity contribution in [2.45, 2.75) is 26.0 Å². The predicted molar refractivity (Wildman–Crippen MR) is 131 cm³/mol. The molecule has 1 fully saturated rings. The number of anilines is 2. The van der Waals surface area contributed by atoms with Crippen LogP contribution in [0.25, 0.3) is 33.5 Å². The number of carbonyl (C=O) groups excluding carboxylic acids is 1. The Morgan fingerprint density at radius 2 is 2.15 bits per heavy atom. The quantitative estimate of drug-likeness (QED) is 0.434. The van der Waals surface area contributed by atoms with Crippen molar-refractivity contribution >= 4 is 39.2 Å². The molecular formula is C24H29N7O2. The van der Waals surface area contributed by atoms with Crippen LogP contribution in [-0.4, -0.2) is 76.9 Å². The Morgan fingerprint density at radius 3 is 2.94 bits per heavy atom. The summed E-state index contributed by atoms with van der Waals surface area (Å²) >= 11 is 0. The van der Waals surface area contributed by atoms with E-state index in [-0.39, 0.29) is 12.0 Å². The molecule has 2 aromatic carbocycles. The first-order valence-corrected chi connectivity index (χ1v) is 11.2. The molecule has 0 radical (unpaired) electrons. The van der Waals surface area contributed by atoms with Gasteiger partial charge in [0.2, 0.25) is 5.91 Å². The van der Waals surface area contributed by atoms with Crippen LogP contribution < -0.4 is 10.2 Å². The summed E-state index contributed by atoms with van der Waals surface area (Å²) in [5, 5.41) is 11.3. The molecule has 0 aliphatic carbocycles. The number of benzene rings is 2. The highest BCUT2D eigenvalue weighted by Gasteiger charge is 2.27. The number of hydrogen-bond donors (Lipinski definition) is 3. The fourth-order valence-electron chi connectivity index (χ4n) is 4.50. The van der Waals surface area contributed by atoms with E-state index in [4.69, 9.17) is 9.72 Å². The number of nitrogens with one attached hydrogen (secondary N) is 3. The average Bonchev–Trinajstić information content (AvgIpc) is 3.38. The number of carbonyl (C=O) groups is 1. The van der Waals surface area contributed by atoms with Crippen LogP contribution in [0.3, 0.4) is 0 Å². The molecule has 33 heavy (non-hydrogen) atoms. The maximum atomic E-state index is 11.5. The molecule has 5 rings (SSSR count). The molecule has 172 valence electrons. The largest absolute Gasteiger partial charge is 0.373 e. The lowest BCUT2D eigenvalue weighted by molar-refractivity contribution is -0.114. The predicted octanol–water partition coefficient (Wildman–Crippen LogP) is 3.22. The smallest absolute Gasteiger partial charge is 0.221 e. The Hall–Kier alpha value is -3.43. The number of likely N-dealkylation sites (N-methyl/N-ethyl adjacent to an activating group) is 1. The monoisotopic (exact) mass is 447 g/mol. The second-order valence-electron chi connectivity index (χ2n) is 8.99. The number of hydrogen-bond acceptors (Lipinski definition) is 6. The van der Waals surface area contributed by atoms with Gasteiger partial charge in [-0.1, -0.05) is 12.1 Å². The van der Waals surface area contributed by atoms with E-state index >= 15 is 0 Å². The van der Waals surface area contributed by atoms with E-state index < -0.39 is 0 Å². The number of imidazole rings is 1. The normalized spacial score (nSPS) is 19.0. The third-order valence-electron chi connectivity index (χ3n) is 6.01. The second-order valence-corrected chi connectivity index (χ2v) is 8.99.